The number of benzene rings is 1. The van der Waals surface area contributed by atoms with E-state index in [4.69, 9.17) is 5.73 Å². The molecular weight excluding hydrogens is 376 g/mol. The average molecular weight is 400 g/mol. The van der Waals surface area contributed by atoms with Gasteiger partial charge in [-0.2, -0.15) is 0 Å². The highest BCUT2D eigenvalue weighted by Crippen LogP contribution is 2.25. The Hall–Kier alpha value is -0.140. The third kappa shape index (κ3) is 5.21. The van der Waals surface area contributed by atoms with Crippen LogP contribution in [0, 0.1) is 12.8 Å². The van der Waals surface area contributed by atoms with Crippen LogP contribution in [0.4, 0.5) is 0 Å². The fourth-order valence-corrected chi connectivity index (χ4v) is 3.75. The summed E-state index contributed by atoms with van der Waals surface area (Å²) in [6.45, 7) is 6.30. The molecule has 0 saturated heterocycles. The van der Waals surface area contributed by atoms with Crippen molar-refractivity contribution >= 4 is 38.4 Å². The summed E-state index contributed by atoms with van der Waals surface area (Å²) in [5, 5.41) is 0. The smallest absolute Gasteiger partial charge is 0.243 e. The predicted molar refractivity (Wildman–Crippen MR) is 93.4 cm³/mol. The van der Waals surface area contributed by atoms with Crippen molar-refractivity contribution in [2.45, 2.75) is 38.1 Å². The van der Waals surface area contributed by atoms with Gasteiger partial charge in [0.25, 0.3) is 0 Å². The molecular formula is C14H24BrClN2O2S. The lowest BCUT2D eigenvalue weighted by Gasteiger charge is -2.22. The summed E-state index contributed by atoms with van der Waals surface area (Å²) < 4.78 is 27.3. The number of hydrogen-bond donors (Lipinski definition) is 1. The molecule has 122 valence electrons. The van der Waals surface area contributed by atoms with Crippen LogP contribution in [0.5, 0.6) is 0 Å². The Morgan fingerprint density at radius 1 is 1.33 bits per heavy atom. The van der Waals surface area contributed by atoms with E-state index in [9.17, 15) is 8.42 Å². The minimum Gasteiger partial charge on any atom is -0.327 e. The predicted octanol–water partition coefficient (Wildman–Crippen LogP) is 3.17. The number of sulfonamides is 1. The third-order valence-corrected chi connectivity index (χ3v) is 6.40. The van der Waals surface area contributed by atoms with E-state index in [2.05, 4.69) is 15.9 Å². The normalized spacial score (nSPS) is 13.3. The van der Waals surface area contributed by atoms with Crippen LogP contribution in [0.2, 0.25) is 0 Å². The van der Waals surface area contributed by atoms with Crippen LogP contribution in [0.25, 0.3) is 0 Å². The van der Waals surface area contributed by atoms with Gasteiger partial charge in [-0.1, -0.05) is 35.8 Å². The van der Waals surface area contributed by atoms with E-state index in [1.165, 1.54) is 4.31 Å². The van der Waals surface area contributed by atoms with E-state index in [1.807, 2.05) is 19.9 Å². The maximum Gasteiger partial charge on any atom is 0.243 e. The van der Waals surface area contributed by atoms with E-state index in [0.29, 0.717) is 23.8 Å². The summed E-state index contributed by atoms with van der Waals surface area (Å²) >= 11 is 3.37. The summed E-state index contributed by atoms with van der Waals surface area (Å²) in [7, 11) is -1.87. The van der Waals surface area contributed by atoms with Gasteiger partial charge in [-0.05, 0) is 37.0 Å². The molecule has 0 heterocycles. The molecule has 0 saturated carbocycles. The first-order chi connectivity index (χ1) is 9.17. The zero-order chi connectivity index (χ0) is 15.5. The van der Waals surface area contributed by atoms with Gasteiger partial charge in [-0.25, -0.2) is 12.7 Å². The second-order valence-corrected chi connectivity index (χ2v) is 8.25. The maximum atomic E-state index is 12.6. The minimum absolute atomic E-state index is 0. The summed E-state index contributed by atoms with van der Waals surface area (Å²) in [5.74, 6) is 0.346. The number of hydrogen-bond acceptors (Lipinski definition) is 3. The number of halogens is 2. The van der Waals surface area contributed by atoms with Gasteiger partial charge in [0.15, 0.2) is 0 Å². The highest BCUT2D eigenvalue weighted by Gasteiger charge is 2.24. The van der Waals surface area contributed by atoms with E-state index in [0.717, 1.165) is 10.0 Å². The second-order valence-electron chi connectivity index (χ2n) is 5.39. The molecule has 21 heavy (non-hydrogen) atoms. The fourth-order valence-electron chi connectivity index (χ4n) is 1.82. The van der Waals surface area contributed by atoms with Crippen molar-refractivity contribution in [1.29, 1.82) is 0 Å². The summed E-state index contributed by atoms with van der Waals surface area (Å²) in [6, 6.07) is 5.21. The lowest BCUT2D eigenvalue weighted by Crippen LogP contribution is -2.34. The monoisotopic (exact) mass is 398 g/mol. The van der Waals surface area contributed by atoms with Gasteiger partial charge in [0.05, 0.1) is 4.90 Å². The average Bonchev–Trinajstić information content (AvgIpc) is 2.38. The molecule has 0 bridgehead atoms. The van der Waals surface area contributed by atoms with Crippen molar-refractivity contribution < 1.29 is 8.42 Å². The van der Waals surface area contributed by atoms with Crippen LogP contribution >= 0.6 is 28.3 Å². The minimum atomic E-state index is -3.47. The molecule has 0 amide bonds. The molecule has 0 aliphatic carbocycles. The fraction of sp³-hybridized carbons (Fsp3) is 0.571. The molecule has 1 atom stereocenters. The van der Waals surface area contributed by atoms with Crippen LogP contribution < -0.4 is 5.73 Å². The van der Waals surface area contributed by atoms with Gasteiger partial charge in [0, 0.05) is 24.1 Å². The first-order valence-electron chi connectivity index (χ1n) is 6.65. The van der Waals surface area contributed by atoms with Gasteiger partial charge in [0.1, 0.15) is 0 Å². The Bertz CT molecular complexity index is 564. The molecule has 0 aromatic heterocycles. The molecule has 0 spiro atoms. The van der Waals surface area contributed by atoms with Crippen molar-refractivity contribution in [3.8, 4) is 0 Å². The quantitative estimate of drug-likeness (QED) is 0.799. The zero-order valence-electron chi connectivity index (χ0n) is 12.8. The Kier molecular flexibility index (Phi) is 8.42. The van der Waals surface area contributed by atoms with Gasteiger partial charge in [-0.3, -0.25) is 0 Å². The number of nitrogens with zero attached hydrogens (tertiary/aromatic N) is 1. The SMILES string of the molecule is Cc1c(Br)cccc1S(=O)(=O)N(C)CCC(N)C(C)C.Cl. The summed E-state index contributed by atoms with van der Waals surface area (Å²) in [4.78, 5) is 0.340. The molecule has 0 aliphatic heterocycles. The molecule has 1 aromatic carbocycles. The lowest BCUT2D eigenvalue weighted by molar-refractivity contribution is 0.397. The van der Waals surface area contributed by atoms with Crippen LogP contribution in [-0.2, 0) is 10.0 Å². The molecule has 1 unspecified atom stereocenters. The van der Waals surface area contributed by atoms with Gasteiger partial charge in [0.2, 0.25) is 10.0 Å². The highest BCUT2D eigenvalue weighted by molar-refractivity contribution is 9.10. The van der Waals surface area contributed by atoms with E-state index in [1.54, 1.807) is 26.1 Å². The Balaban J connectivity index is 0.00000400. The first kappa shape index (κ1) is 20.9. The van der Waals surface area contributed by atoms with Crippen molar-refractivity contribution in [3.63, 3.8) is 0 Å². The largest absolute Gasteiger partial charge is 0.327 e. The van der Waals surface area contributed by atoms with Gasteiger partial charge >= 0.3 is 0 Å². The van der Waals surface area contributed by atoms with Crippen molar-refractivity contribution in [1.82, 2.24) is 4.31 Å². The molecule has 2 N–H and O–H groups in total. The third-order valence-electron chi connectivity index (χ3n) is 3.54. The van der Waals surface area contributed by atoms with E-state index < -0.39 is 10.0 Å². The second kappa shape index (κ2) is 8.48. The molecule has 1 aromatic rings. The molecule has 1 rings (SSSR count). The topological polar surface area (TPSA) is 63.4 Å². The first-order valence-corrected chi connectivity index (χ1v) is 8.88. The molecule has 0 fully saturated rings. The van der Waals surface area contributed by atoms with Gasteiger partial charge in [-0.15, -0.1) is 12.4 Å². The summed E-state index contributed by atoms with van der Waals surface area (Å²) in [5.41, 5.74) is 6.70. The van der Waals surface area contributed by atoms with E-state index >= 15 is 0 Å². The number of rotatable bonds is 6. The molecule has 0 radical (unpaired) electrons. The van der Waals surface area contributed by atoms with Crippen molar-refractivity contribution in [3.05, 3.63) is 28.2 Å². The van der Waals surface area contributed by atoms with Crippen LogP contribution in [0.3, 0.4) is 0 Å². The Morgan fingerprint density at radius 2 is 1.90 bits per heavy atom. The highest BCUT2D eigenvalue weighted by atomic mass is 79.9. The zero-order valence-corrected chi connectivity index (χ0v) is 16.1. The molecule has 7 heteroatoms. The van der Waals surface area contributed by atoms with Crippen LogP contribution in [0.15, 0.2) is 27.6 Å². The molecule has 4 nitrogen and oxygen atoms in total. The Labute approximate surface area is 142 Å². The van der Waals surface area contributed by atoms with Crippen LogP contribution in [-0.4, -0.2) is 32.4 Å². The summed E-state index contributed by atoms with van der Waals surface area (Å²) in [6.07, 6.45) is 0.653. The van der Waals surface area contributed by atoms with Crippen molar-refractivity contribution in [2.75, 3.05) is 13.6 Å². The Morgan fingerprint density at radius 3 is 2.43 bits per heavy atom. The van der Waals surface area contributed by atoms with Crippen molar-refractivity contribution in [2.24, 2.45) is 11.7 Å². The molecule has 0 aliphatic rings. The number of nitrogens with two attached hydrogens (primary N) is 1. The maximum absolute atomic E-state index is 12.6. The van der Waals surface area contributed by atoms with Gasteiger partial charge < -0.3 is 5.73 Å². The lowest BCUT2D eigenvalue weighted by atomic mass is 10.0. The van der Waals surface area contributed by atoms with E-state index in [-0.39, 0.29) is 18.4 Å². The standard InChI is InChI=1S/C14H23BrN2O2S.ClH/c1-10(2)13(16)8-9-17(4)20(18,19)14-7-5-6-12(15)11(14)3;/h5-7,10,13H,8-9,16H2,1-4H3;1H. The van der Waals surface area contributed by atoms with Crippen LogP contribution in [0.1, 0.15) is 25.8 Å².